The molecule has 0 aromatic carbocycles. The van der Waals surface area contributed by atoms with Crippen LogP contribution in [0.15, 0.2) is 18.3 Å². The molecule has 1 fully saturated rings. The third-order valence-electron chi connectivity index (χ3n) is 4.00. The molecule has 1 aromatic heterocycles. The lowest BCUT2D eigenvalue weighted by atomic mass is 9.98. The zero-order chi connectivity index (χ0) is 11.0. The fourth-order valence-corrected chi connectivity index (χ4v) is 3.21. The van der Waals surface area contributed by atoms with Gasteiger partial charge in [-0.15, -0.1) is 11.6 Å². The average Bonchev–Trinajstić information content (AvgIpc) is 3.08. The van der Waals surface area contributed by atoms with Gasteiger partial charge in [0, 0.05) is 23.2 Å². The van der Waals surface area contributed by atoms with Crippen LogP contribution >= 0.6 is 11.6 Å². The Hall–Kier alpha value is -0.560. The minimum Gasteiger partial charge on any atom is -0.261 e. The smallest absolute Gasteiger partial charge is 0.0466 e. The van der Waals surface area contributed by atoms with E-state index in [-0.39, 0.29) is 0 Å². The number of rotatable bonds is 4. The second-order valence-corrected chi connectivity index (χ2v) is 5.77. The van der Waals surface area contributed by atoms with E-state index in [1.807, 2.05) is 6.20 Å². The number of nitrogens with zero attached hydrogens (tertiary/aromatic N) is 1. The molecule has 2 aliphatic rings. The maximum atomic E-state index is 6.36. The van der Waals surface area contributed by atoms with Gasteiger partial charge in [0.05, 0.1) is 0 Å². The van der Waals surface area contributed by atoms with E-state index < -0.39 is 0 Å². The van der Waals surface area contributed by atoms with E-state index in [2.05, 4.69) is 17.1 Å². The third-order valence-corrected chi connectivity index (χ3v) is 4.57. The van der Waals surface area contributed by atoms with Gasteiger partial charge in [-0.2, -0.15) is 0 Å². The Kier molecular flexibility index (Phi) is 2.89. The fourth-order valence-electron chi connectivity index (χ4n) is 2.83. The lowest BCUT2D eigenvalue weighted by Gasteiger charge is -2.13. The van der Waals surface area contributed by atoms with Gasteiger partial charge in [-0.25, -0.2) is 0 Å². The predicted octanol–water partition coefficient (Wildman–Crippen LogP) is 3.91. The summed E-state index contributed by atoms with van der Waals surface area (Å²) in [4.78, 5) is 4.54. The number of aryl methyl sites for hydroxylation is 1. The molecule has 2 aliphatic carbocycles. The first-order valence-corrected chi connectivity index (χ1v) is 6.86. The summed E-state index contributed by atoms with van der Waals surface area (Å²) in [5.41, 5.74) is 2.81. The summed E-state index contributed by atoms with van der Waals surface area (Å²) in [6.07, 6.45) is 9.53. The van der Waals surface area contributed by atoms with Crippen LogP contribution in [0.4, 0.5) is 0 Å². The van der Waals surface area contributed by atoms with E-state index in [4.69, 9.17) is 11.6 Å². The molecule has 2 heteroatoms. The second-order valence-electron chi connectivity index (χ2n) is 5.21. The summed E-state index contributed by atoms with van der Waals surface area (Å²) in [6, 6.07) is 4.27. The molecular weight excluding hydrogens is 218 g/mol. The number of halogens is 1. The molecule has 86 valence electrons. The van der Waals surface area contributed by atoms with Crippen molar-refractivity contribution >= 4 is 11.6 Å². The molecule has 2 atom stereocenters. The van der Waals surface area contributed by atoms with Gasteiger partial charge in [0.1, 0.15) is 0 Å². The maximum Gasteiger partial charge on any atom is 0.0466 e. The van der Waals surface area contributed by atoms with Gasteiger partial charge in [-0.05, 0) is 56.1 Å². The van der Waals surface area contributed by atoms with Gasteiger partial charge in [0.25, 0.3) is 0 Å². The molecule has 1 heterocycles. The Morgan fingerprint density at radius 1 is 1.38 bits per heavy atom. The topological polar surface area (TPSA) is 12.9 Å². The zero-order valence-electron chi connectivity index (χ0n) is 9.53. The Morgan fingerprint density at radius 3 is 3.06 bits per heavy atom. The molecule has 1 nitrogen and oxygen atoms in total. The highest BCUT2D eigenvalue weighted by Gasteiger charge is 2.31. The van der Waals surface area contributed by atoms with Gasteiger partial charge < -0.3 is 0 Å². The minimum absolute atomic E-state index is 0.424. The normalized spacial score (nSPS) is 25.4. The third kappa shape index (κ3) is 2.10. The molecule has 0 radical (unpaired) electrons. The van der Waals surface area contributed by atoms with Crippen LogP contribution in [0.3, 0.4) is 0 Å². The number of aromatic nitrogens is 1. The summed E-state index contributed by atoms with van der Waals surface area (Å²) in [7, 11) is 0. The van der Waals surface area contributed by atoms with Crippen molar-refractivity contribution in [3.05, 3.63) is 29.6 Å². The summed E-state index contributed by atoms with van der Waals surface area (Å²) in [5.74, 6) is 1.50. The van der Waals surface area contributed by atoms with Crippen molar-refractivity contribution in [3.8, 4) is 0 Å². The second kappa shape index (κ2) is 4.37. The van der Waals surface area contributed by atoms with Crippen molar-refractivity contribution in [1.29, 1.82) is 0 Å². The van der Waals surface area contributed by atoms with Crippen LogP contribution in [-0.2, 0) is 6.42 Å². The highest BCUT2D eigenvalue weighted by molar-refractivity contribution is 6.20. The number of alkyl halides is 1. The van der Waals surface area contributed by atoms with Crippen LogP contribution in [0.5, 0.6) is 0 Å². The van der Waals surface area contributed by atoms with Crippen LogP contribution in [0.25, 0.3) is 0 Å². The summed E-state index contributed by atoms with van der Waals surface area (Å²) in [5, 5.41) is 0.424. The molecule has 0 amide bonds. The molecule has 0 aliphatic heterocycles. The summed E-state index contributed by atoms with van der Waals surface area (Å²) < 4.78 is 0. The van der Waals surface area contributed by atoms with Gasteiger partial charge >= 0.3 is 0 Å². The van der Waals surface area contributed by atoms with Gasteiger partial charge in [-0.1, -0.05) is 6.07 Å². The number of hydrogen-bond donors (Lipinski definition) is 0. The average molecular weight is 236 g/mol. The molecule has 16 heavy (non-hydrogen) atoms. The van der Waals surface area contributed by atoms with Crippen molar-refractivity contribution in [2.24, 2.45) is 5.92 Å². The number of hydrogen-bond acceptors (Lipinski definition) is 1. The molecule has 0 N–H and O–H groups in total. The van der Waals surface area contributed by atoms with Crippen molar-refractivity contribution in [2.45, 2.75) is 49.8 Å². The molecule has 0 saturated heterocycles. The Balaban J connectivity index is 1.60. The Labute approximate surface area is 102 Å². The van der Waals surface area contributed by atoms with Crippen molar-refractivity contribution in [3.63, 3.8) is 0 Å². The predicted molar refractivity (Wildman–Crippen MR) is 66.9 cm³/mol. The first-order chi connectivity index (χ1) is 7.84. The van der Waals surface area contributed by atoms with E-state index >= 15 is 0 Å². The molecule has 1 saturated carbocycles. The minimum atomic E-state index is 0.424. The molecule has 3 rings (SSSR count). The van der Waals surface area contributed by atoms with Gasteiger partial charge in [-0.3, -0.25) is 4.98 Å². The quantitative estimate of drug-likeness (QED) is 0.722. The lowest BCUT2D eigenvalue weighted by Crippen LogP contribution is -2.05. The lowest BCUT2D eigenvalue weighted by molar-refractivity contribution is 0.544. The van der Waals surface area contributed by atoms with Crippen LogP contribution in [-0.4, -0.2) is 10.4 Å². The maximum absolute atomic E-state index is 6.36. The van der Waals surface area contributed by atoms with Gasteiger partial charge in [0.2, 0.25) is 0 Å². The largest absolute Gasteiger partial charge is 0.261 e. The SMILES string of the molecule is ClC(CCC1CCc2cccnc21)C1CC1. The molecule has 0 spiro atoms. The van der Waals surface area contributed by atoms with Crippen molar-refractivity contribution in [1.82, 2.24) is 4.98 Å². The van der Waals surface area contributed by atoms with Crippen LogP contribution in [0.2, 0.25) is 0 Å². The first-order valence-electron chi connectivity index (χ1n) is 6.42. The van der Waals surface area contributed by atoms with Crippen molar-refractivity contribution < 1.29 is 0 Å². The Morgan fingerprint density at radius 2 is 2.25 bits per heavy atom. The van der Waals surface area contributed by atoms with Gasteiger partial charge in [0.15, 0.2) is 0 Å². The monoisotopic (exact) mass is 235 g/mol. The van der Waals surface area contributed by atoms with Crippen LogP contribution in [0, 0.1) is 5.92 Å². The fraction of sp³-hybridized carbons (Fsp3) is 0.643. The highest BCUT2D eigenvalue weighted by atomic mass is 35.5. The number of fused-ring (bicyclic) bond motifs is 1. The van der Waals surface area contributed by atoms with Crippen LogP contribution < -0.4 is 0 Å². The highest BCUT2D eigenvalue weighted by Crippen LogP contribution is 2.41. The van der Waals surface area contributed by atoms with E-state index in [9.17, 15) is 0 Å². The first kappa shape index (κ1) is 10.6. The van der Waals surface area contributed by atoms with E-state index in [0.717, 1.165) is 5.92 Å². The molecule has 1 aromatic rings. The number of pyridine rings is 1. The van der Waals surface area contributed by atoms with E-state index in [1.54, 1.807) is 0 Å². The van der Waals surface area contributed by atoms with E-state index in [0.29, 0.717) is 11.3 Å². The zero-order valence-corrected chi connectivity index (χ0v) is 10.3. The Bertz CT molecular complexity index is 373. The molecule has 2 unspecified atom stereocenters. The van der Waals surface area contributed by atoms with Crippen LogP contribution in [0.1, 0.15) is 49.3 Å². The van der Waals surface area contributed by atoms with E-state index in [1.165, 1.54) is 49.8 Å². The standard InChI is InChI=1S/C14H18ClN/c15-13(10-3-4-10)8-7-12-6-5-11-2-1-9-16-14(11)12/h1-2,9-10,12-13H,3-8H2. The molecular formula is C14H18ClN. The molecule has 0 bridgehead atoms. The summed E-state index contributed by atoms with van der Waals surface area (Å²) >= 11 is 6.36. The van der Waals surface area contributed by atoms with Crippen molar-refractivity contribution in [2.75, 3.05) is 0 Å². The summed E-state index contributed by atoms with van der Waals surface area (Å²) in [6.45, 7) is 0.